The van der Waals surface area contributed by atoms with Crippen molar-refractivity contribution < 1.29 is 36.2 Å². The number of rotatable bonds is 6. The summed E-state index contributed by atoms with van der Waals surface area (Å²) >= 11 is 5.74. The summed E-state index contributed by atoms with van der Waals surface area (Å²) in [7, 11) is 0. The first-order valence-corrected chi connectivity index (χ1v) is 7.86. The van der Waals surface area contributed by atoms with Crippen molar-refractivity contribution in [2.45, 2.75) is 24.2 Å². The fraction of sp³-hybridized carbons (Fsp3) is 0.294. The van der Waals surface area contributed by atoms with Gasteiger partial charge in [0.2, 0.25) is 0 Å². The van der Waals surface area contributed by atoms with Crippen LogP contribution in [0.3, 0.4) is 0 Å². The van der Waals surface area contributed by atoms with E-state index in [1.165, 1.54) is 24.3 Å². The van der Waals surface area contributed by atoms with Crippen LogP contribution in [-0.4, -0.2) is 23.8 Å². The SMILES string of the molecule is NC(c1ccc(Cl)cc1)C(O)c1ccc(OCC(F)(F)C(F)(F)F)cc1F. The maximum absolute atomic E-state index is 14.2. The van der Waals surface area contributed by atoms with Gasteiger partial charge in [0.15, 0.2) is 6.61 Å². The van der Waals surface area contributed by atoms with Crippen LogP contribution >= 0.6 is 11.6 Å². The Kier molecular flexibility index (Phi) is 6.28. The van der Waals surface area contributed by atoms with Crippen molar-refractivity contribution in [3.05, 3.63) is 64.4 Å². The number of nitrogens with two attached hydrogens (primary N) is 1. The highest BCUT2D eigenvalue weighted by molar-refractivity contribution is 6.30. The summed E-state index contributed by atoms with van der Waals surface area (Å²) in [6.45, 7) is -2.00. The fourth-order valence-corrected chi connectivity index (χ4v) is 2.28. The fourth-order valence-electron chi connectivity index (χ4n) is 2.15. The van der Waals surface area contributed by atoms with Gasteiger partial charge in [-0.2, -0.15) is 22.0 Å². The van der Waals surface area contributed by atoms with Crippen LogP contribution in [0.5, 0.6) is 5.75 Å². The molecule has 0 spiro atoms. The van der Waals surface area contributed by atoms with E-state index < -0.39 is 42.4 Å². The van der Waals surface area contributed by atoms with Crippen molar-refractivity contribution in [2.75, 3.05) is 6.61 Å². The molecule has 0 amide bonds. The molecule has 2 rings (SSSR count). The number of ether oxygens (including phenoxy) is 1. The molecule has 3 nitrogen and oxygen atoms in total. The summed E-state index contributed by atoms with van der Waals surface area (Å²) < 4.78 is 80.5. The second kappa shape index (κ2) is 7.95. The van der Waals surface area contributed by atoms with E-state index in [1.54, 1.807) is 0 Å². The van der Waals surface area contributed by atoms with E-state index in [2.05, 4.69) is 4.74 Å². The van der Waals surface area contributed by atoms with Crippen molar-refractivity contribution in [2.24, 2.45) is 5.73 Å². The summed E-state index contributed by atoms with van der Waals surface area (Å²) in [6.07, 6.45) is -7.29. The third-order valence-corrected chi connectivity index (χ3v) is 3.97. The number of hydrogen-bond acceptors (Lipinski definition) is 3. The average Bonchev–Trinajstić information content (AvgIpc) is 2.58. The molecule has 0 aliphatic heterocycles. The van der Waals surface area contributed by atoms with Gasteiger partial charge in [0.25, 0.3) is 0 Å². The summed E-state index contributed by atoms with van der Waals surface area (Å²) in [4.78, 5) is 0. The smallest absolute Gasteiger partial charge is 0.456 e. The Labute approximate surface area is 155 Å². The van der Waals surface area contributed by atoms with Gasteiger partial charge in [0.1, 0.15) is 17.7 Å². The highest BCUT2D eigenvalue weighted by atomic mass is 35.5. The van der Waals surface area contributed by atoms with Crippen molar-refractivity contribution in [1.29, 1.82) is 0 Å². The molecule has 0 aliphatic rings. The molecule has 2 aromatic rings. The lowest BCUT2D eigenvalue weighted by Crippen LogP contribution is -2.41. The first-order chi connectivity index (χ1) is 12.4. The Morgan fingerprint density at radius 1 is 1.04 bits per heavy atom. The van der Waals surface area contributed by atoms with E-state index in [1.807, 2.05) is 0 Å². The van der Waals surface area contributed by atoms with Crippen LogP contribution in [0.25, 0.3) is 0 Å². The van der Waals surface area contributed by atoms with Gasteiger partial charge in [-0.15, -0.1) is 0 Å². The van der Waals surface area contributed by atoms with Crippen LogP contribution in [-0.2, 0) is 0 Å². The third kappa shape index (κ3) is 5.06. The molecule has 0 heterocycles. The molecule has 2 atom stereocenters. The topological polar surface area (TPSA) is 55.5 Å². The van der Waals surface area contributed by atoms with Crippen LogP contribution in [0.4, 0.5) is 26.3 Å². The van der Waals surface area contributed by atoms with Crippen molar-refractivity contribution in [1.82, 2.24) is 0 Å². The second-order valence-electron chi connectivity index (χ2n) is 5.70. The molecule has 2 unspecified atom stereocenters. The summed E-state index contributed by atoms with van der Waals surface area (Å²) in [6, 6.07) is 7.64. The Morgan fingerprint density at radius 3 is 2.15 bits per heavy atom. The number of aliphatic hydroxyl groups excluding tert-OH is 1. The van der Waals surface area contributed by atoms with Crippen LogP contribution in [0.1, 0.15) is 23.3 Å². The molecule has 0 aliphatic carbocycles. The third-order valence-electron chi connectivity index (χ3n) is 3.72. The van der Waals surface area contributed by atoms with Crippen molar-refractivity contribution >= 4 is 11.6 Å². The largest absolute Gasteiger partial charge is 0.487 e. The van der Waals surface area contributed by atoms with Gasteiger partial charge in [0, 0.05) is 16.7 Å². The lowest BCUT2D eigenvalue weighted by atomic mass is 9.96. The monoisotopic (exact) mass is 413 g/mol. The lowest BCUT2D eigenvalue weighted by molar-refractivity contribution is -0.290. The molecule has 27 heavy (non-hydrogen) atoms. The highest BCUT2D eigenvalue weighted by Crippen LogP contribution is 2.36. The predicted octanol–water partition coefficient (Wildman–Crippen LogP) is 4.79. The van der Waals surface area contributed by atoms with Crippen molar-refractivity contribution in [3.8, 4) is 5.75 Å². The Morgan fingerprint density at radius 2 is 1.63 bits per heavy atom. The Hall–Kier alpha value is -1.97. The number of benzene rings is 2. The molecule has 10 heteroatoms. The van der Waals surface area contributed by atoms with E-state index in [0.29, 0.717) is 16.7 Å². The molecule has 3 N–H and O–H groups in total. The standard InChI is InChI=1S/C17H14ClF6NO2/c18-10-3-1-9(2-4-10)14(25)15(26)12-6-5-11(7-13(12)19)27-8-16(20,21)17(22,23)24/h1-7,14-15,26H,8,25H2. The molecule has 148 valence electrons. The van der Waals surface area contributed by atoms with Gasteiger partial charge in [-0.05, 0) is 29.8 Å². The van der Waals surface area contributed by atoms with Gasteiger partial charge in [-0.1, -0.05) is 23.7 Å². The van der Waals surface area contributed by atoms with E-state index in [4.69, 9.17) is 17.3 Å². The van der Waals surface area contributed by atoms with Gasteiger partial charge >= 0.3 is 12.1 Å². The zero-order valence-electron chi connectivity index (χ0n) is 13.5. The van der Waals surface area contributed by atoms with Gasteiger partial charge < -0.3 is 15.6 Å². The van der Waals surface area contributed by atoms with Gasteiger partial charge in [0.05, 0.1) is 6.04 Å². The van der Waals surface area contributed by atoms with E-state index >= 15 is 0 Å². The lowest BCUT2D eigenvalue weighted by Gasteiger charge is -2.22. The van der Waals surface area contributed by atoms with E-state index in [-0.39, 0.29) is 5.56 Å². The predicted molar refractivity (Wildman–Crippen MR) is 86.2 cm³/mol. The van der Waals surface area contributed by atoms with Gasteiger partial charge in [-0.25, -0.2) is 4.39 Å². The quantitative estimate of drug-likeness (QED) is 0.670. The zero-order chi connectivity index (χ0) is 20.4. The number of hydrogen-bond donors (Lipinski definition) is 2. The maximum Gasteiger partial charge on any atom is 0.456 e. The first kappa shape index (κ1) is 21.3. The van der Waals surface area contributed by atoms with E-state index in [0.717, 1.165) is 12.1 Å². The van der Waals surface area contributed by atoms with Crippen molar-refractivity contribution in [3.63, 3.8) is 0 Å². The first-order valence-electron chi connectivity index (χ1n) is 7.48. The average molecular weight is 414 g/mol. The van der Waals surface area contributed by atoms with Crippen LogP contribution in [0.15, 0.2) is 42.5 Å². The molecule has 0 radical (unpaired) electrons. The minimum Gasteiger partial charge on any atom is -0.487 e. The molecule has 0 aromatic heterocycles. The minimum atomic E-state index is -5.78. The minimum absolute atomic E-state index is 0.271. The Bertz CT molecular complexity index is 782. The number of alkyl halides is 5. The summed E-state index contributed by atoms with van der Waals surface area (Å²) in [5.74, 6) is -6.70. The van der Waals surface area contributed by atoms with Crippen LogP contribution in [0, 0.1) is 5.82 Å². The Balaban J connectivity index is 2.12. The van der Waals surface area contributed by atoms with Crippen LogP contribution in [0.2, 0.25) is 5.02 Å². The molecule has 0 fully saturated rings. The van der Waals surface area contributed by atoms with Gasteiger partial charge in [-0.3, -0.25) is 0 Å². The number of halogens is 7. The molecule has 0 bridgehead atoms. The second-order valence-corrected chi connectivity index (χ2v) is 6.13. The normalized spacial score (nSPS) is 14.7. The summed E-state index contributed by atoms with van der Waals surface area (Å²) in [5.41, 5.74) is 6.06. The molecular weight excluding hydrogens is 400 g/mol. The number of aliphatic hydroxyl groups is 1. The van der Waals surface area contributed by atoms with E-state index in [9.17, 15) is 31.4 Å². The molecule has 2 aromatic carbocycles. The molecule has 0 saturated heterocycles. The molecular formula is C17H14ClF6NO2. The summed E-state index contributed by atoms with van der Waals surface area (Å²) in [5, 5.41) is 10.7. The maximum atomic E-state index is 14.2. The van der Waals surface area contributed by atoms with Crippen LogP contribution < -0.4 is 10.5 Å². The zero-order valence-corrected chi connectivity index (χ0v) is 14.2. The highest BCUT2D eigenvalue weighted by Gasteiger charge is 2.58. The molecule has 0 saturated carbocycles.